The number of rotatable bonds is 3. The second-order valence-electron chi connectivity index (χ2n) is 4.33. The molecule has 0 saturated heterocycles. The van der Waals surface area contributed by atoms with Gasteiger partial charge in [0.25, 0.3) is 0 Å². The highest BCUT2D eigenvalue weighted by Gasteiger charge is 2.42. The van der Waals surface area contributed by atoms with Crippen LogP contribution >= 0.6 is 0 Å². The summed E-state index contributed by atoms with van der Waals surface area (Å²) in [5, 5.41) is 0. The fraction of sp³-hybridized carbons (Fsp3) is 0.214. The van der Waals surface area contributed by atoms with Gasteiger partial charge in [0.15, 0.2) is 23.3 Å². The maximum atomic E-state index is 13.6. The average Bonchev–Trinajstić information content (AvgIpc) is 2.45. The summed E-state index contributed by atoms with van der Waals surface area (Å²) in [5.41, 5.74) is -3.84. The molecule has 0 aromatic heterocycles. The Morgan fingerprint density at radius 1 is 0.955 bits per heavy atom. The Balaban J connectivity index is 2.37. The van der Waals surface area contributed by atoms with E-state index < -0.39 is 47.2 Å². The van der Waals surface area contributed by atoms with Crippen LogP contribution < -0.4 is 0 Å². The highest BCUT2D eigenvalue weighted by Crippen LogP contribution is 2.37. The molecule has 0 saturated carbocycles. The van der Waals surface area contributed by atoms with Gasteiger partial charge in [-0.1, -0.05) is 6.08 Å². The highest BCUT2D eigenvalue weighted by atomic mass is 19.4. The summed E-state index contributed by atoms with van der Waals surface area (Å²) in [6, 6.07) is 0. The number of hydrogen-bond acceptors (Lipinski definition) is 1. The minimum Gasteiger partial charge on any atom is -0.489 e. The first-order chi connectivity index (χ1) is 10.2. The lowest BCUT2D eigenvalue weighted by molar-refractivity contribution is -0.143. The molecule has 0 spiro atoms. The van der Waals surface area contributed by atoms with Gasteiger partial charge in [-0.25, -0.2) is 17.6 Å². The first-order valence-electron chi connectivity index (χ1n) is 5.98. The summed E-state index contributed by atoms with van der Waals surface area (Å²) in [4.78, 5) is 0. The lowest BCUT2D eigenvalue weighted by Crippen LogP contribution is -2.17. The lowest BCUT2D eigenvalue weighted by atomic mass is 10.1. The molecule has 1 aromatic carbocycles. The van der Waals surface area contributed by atoms with Crippen LogP contribution in [0.2, 0.25) is 0 Å². The molecule has 22 heavy (non-hydrogen) atoms. The van der Waals surface area contributed by atoms with Crippen LogP contribution in [0.4, 0.5) is 30.7 Å². The van der Waals surface area contributed by atoms with E-state index in [1.165, 1.54) is 12.2 Å². The Bertz CT molecular complexity index is 615. The van der Waals surface area contributed by atoms with Gasteiger partial charge >= 0.3 is 6.18 Å². The van der Waals surface area contributed by atoms with Crippen molar-refractivity contribution in [1.82, 2.24) is 0 Å². The van der Waals surface area contributed by atoms with Crippen LogP contribution in [0.15, 0.2) is 24.0 Å². The summed E-state index contributed by atoms with van der Waals surface area (Å²) >= 11 is 0. The van der Waals surface area contributed by atoms with Gasteiger partial charge in [0.05, 0.1) is 5.56 Å². The van der Waals surface area contributed by atoms with E-state index in [-0.39, 0.29) is 5.76 Å². The molecule has 0 N–H and O–H groups in total. The molecule has 0 atom stereocenters. The van der Waals surface area contributed by atoms with Crippen molar-refractivity contribution in [2.45, 2.75) is 19.2 Å². The van der Waals surface area contributed by atoms with Crippen LogP contribution in [-0.2, 0) is 17.5 Å². The van der Waals surface area contributed by atoms with Crippen LogP contribution in [0.1, 0.15) is 17.5 Å². The maximum absolute atomic E-state index is 13.6. The predicted molar refractivity (Wildman–Crippen MR) is 62.2 cm³/mol. The third-order valence-corrected chi connectivity index (χ3v) is 2.87. The lowest BCUT2D eigenvalue weighted by Gasteiger charge is -2.15. The minimum atomic E-state index is -5.56. The average molecular weight is 325 g/mol. The molecule has 1 radical (unpaired) electrons. The molecule has 119 valence electrons. The molecular weight excluding hydrogens is 317 g/mol. The Labute approximate surface area is 120 Å². The van der Waals surface area contributed by atoms with Gasteiger partial charge in [0.2, 0.25) is 0 Å². The van der Waals surface area contributed by atoms with Crippen molar-refractivity contribution >= 4 is 0 Å². The summed E-state index contributed by atoms with van der Waals surface area (Å²) in [5.74, 6) is -9.06. The Hall–Kier alpha value is -1.99. The molecular formula is C14H8F7O. The third-order valence-electron chi connectivity index (χ3n) is 2.87. The standard InChI is InChI=1S/C14H8F7O/c15-10-8(6-22-7-4-2-1-3-5-7)11(16)13(18)9(12(10)17)14(19,20)21/h1-2,4-5H,3,6H2. The zero-order valence-corrected chi connectivity index (χ0v) is 10.8. The number of allylic oxidation sites excluding steroid dienone is 3. The van der Waals surface area contributed by atoms with Crippen molar-refractivity contribution < 1.29 is 35.5 Å². The summed E-state index contributed by atoms with van der Waals surface area (Å²) < 4.78 is 96.1. The molecule has 0 fully saturated rings. The number of benzene rings is 1. The fourth-order valence-corrected chi connectivity index (χ4v) is 1.81. The van der Waals surface area contributed by atoms with Gasteiger partial charge in [-0.05, 0) is 25.0 Å². The first-order valence-corrected chi connectivity index (χ1v) is 5.98. The fourth-order valence-electron chi connectivity index (χ4n) is 1.81. The molecule has 1 aliphatic carbocycles. The quantitative estimate of drug-likeness (QED) is 0.571. The van der Waals surface area contributed by atoms with Crippen molar-refractivity contribution in [3.8, 4) is 0 Å². The van der Waals surface area contributed by atoms with Crippen LogP contribution in [0.25, 0.3) is 0 Å². The van der Waals surface area contributed by atoms with Gasteiger partial charge in [-0.2, -0.15) is 13.2 Å². The van der Waals surface area contributed by atoms with E-state index in [4.69, 9.17) is 4.74 Å². The number of alkyl halides is 3. The van der Waals surface area contributed by atoms with Crippen molar-refractivity contribution in [2.24, 2.45) is 0 Å². The summed E-state index contributed by atoms with van der Waals surface area (Å²) in [7, 11) is 0. The van der Waals surface area contributed by atoms with E-state index in [1.807, 2.05) is 0 Å². The number of halogens is 7. The zero-order valence-electron chi connectivity index (χ0n) is 10.8. The molecule has 2 rings (SSSR count). The molecule has 1 aromatic rings. The SMILES string of the molecule is Fc1c(F)c(C(F)(F)F)c(F)c(F)c1COC1=CC[CH]C=C1. The van der Waals surface area contributed by atoms with Crippen molar-refractivity contribution in [2.75, 3.05) is 0 Å². The molecule has 0 bridgehead atoms. The largest absolute Gasteiger partial charge is 0.489 e. The molecule has 0 amide bonds. The van der Waals surface area contributed by atoms with Gasteiger partial charge in [0, 0.05) is 0 Å². The van der Waals surface area contributed by atoms with E-state index in [9.17, 15) is 30.7 Å². The summed E-state index contributed by atoms with van der Waals surface area (Å²) in [6.07, 6.45) is 1.19. The smallest absolute Gasteiger partial charge is 0.422 e. The van der Waals surface area contributed by atoms with Gasteiger partial charge in [-0.3, -0.25) is 0 Å². The van der Waals surface area contributed by atoms with Crippen molar-refractivity contribution in [3.63, 3.8) is 0 Å². The molecule has 0 unspecified atom stereocenters. The minimum absolute atomic E-state index is 0.182. The van der Waals surface area contributed by atoms with Gasteiger partial charge in [0.1, 0.15) is 17.9 Å². The van der Waals surface area contributed by atoms with E-state index in [0.29, 0.717) is 6.42 Å². The number of hydrogen-bond donors (Lipinski definition) is 0. The highest BCUT2D eigenvalue weighted by molar-refractivity contribution is 5.32. The molecule has 1 nitrogen and oxygen atoms in total. The van der Waals surface area contributed by atoms with E-state index in [0.717, 1.165) is 0 Å². The molecule has 8 heteroatoms. The predicted octanol–water partition coefficient (Wildman–Crippen LogP) is 4.83. The van der Waals surface area contributed by atoms with Crippen LogP contribution in [-0.4, -0.2) is 0 Å². The number of ether oxygens (including phenoxy) is 1. The van der Waals surface area contributed by atoms with Gasteiger partial charge < -0.3 is 4.74 Å². The molecule has 1 aliphatic rings. The molecule has 0 heterocycles. The topological polar surface area (TPSA) is 9.23 Å². The van der Waals surface area contributed by atoms with Crippen molar-refractivity contribution in [1.29, 1.82) is 0 Å². The molecule has 0 aliphatic heterocycles. The zero-order chi connectivity index (χ0) is 16.5. The van der Waals surface area contributed by atoms with Crippen LogP contribution in [0.3, 0.4) is 0 Å². The second kappa shape index (κ2) is 6.02. The van der Waals surface area contributed by atoms with Crippen molar-refractivity contribution in [3.05, 3.63) is 64.8 Å². The van der Waals surface area contributed by atoms with Gasteiger partial charge in [-0.15, -0.1) is 0 Å². The first kappa shape index (κ1) is 16.4. The Morgan fingerprint density at radius 3 is 2.00 bits per heavy atom. The normalized spacial score (nSPS) is 15.0. The monoisotopic (exact) mass is 325 g/mol. The van der Waals surface area contributed by atoms with E-state index in [1.54, 1.807) is 12.5 Å². The van der Waals surface area contributed by atoms with Crippen LogP contribution in [0.5, 0.6) is 0 Å². The van der Waals surface area contributed by atoms with Crippen LogP contribution in [0, 0.1) is 29.7 Å². The second-order valence-corrected chi connectivity index (χ2v) is 4.33. The summed E-state index contributed by atoms with van der Waals surface area (Å²) in [6.45, 7) is -0.945. The third kappa shape index (κ3) is 3.10. The Kier molecular flexibility index (Phi) is 4.48. The Morgan fingerprint density at radius 2 is 1.55 bits per heavy atom. The van der Waals surface area contributed by atoms with E-state index >= 15 is 0 Å². The maximum Gasteiger partial charge on any atom is 0.422 e. The van der Waals surface area contributed by atoms with E-state index in [2.05, 4.69) is 0 Å².